The van der Waals surface area contributed by atoms with Gasteiger partial charge in [-0.1, -0.05) is 41.3 Å². The lowest BCUT2D eigenvalue weighted by Crippen LogP contribution is -2.47. The molecule has 112 valence electrons. The molecule has 7 heteroatoms. The first-order valence-electron chi connectivity index (χ1n) is 7.05. The molecule has 0 saturated carbocycles. The molecule has 3 rings (SSSR count). The van der Waals surface area contributed by atoms with E-state index in [2.05, 4.69) is 50.3 Å². The van der Waals surface area contributed by atoms with Gasteiger partial charge in [0.1, 0.15) is 0 Å². The lowest BCUT2D eigenvalue weighted by atomic mass is 10.2. The summed E-state index contributed by atoms with van der Waals surface area (Å²) in [6.45, 7) is 5.52. The number of rotatable bonds is 5. The van der Waals surface area contributed by atoms with E-state index in [9.17, 15) is 0 Å². The minimum atomic E-state index is 0.550. The van der Waals surface area contributed by atoms with Crippen LogP contribution >= 0.6 is 23.1 Å². The van der Waals surface area contributed by atoms with E-state index in [0.717, 1.165) is 42.8 Å². The van der Waals surface area contributed by atoms with Crippen molar-refractivity contribution in [1.29, 1.82) is 0 Å². The van der Waals surface area contributed by atoms with Gasteiger partial charge in [-0.2, -0.15) is 0 Å². The molecule has 2 aromatic rings. The summed E-state index contributed by atoms with van der Waals surface area (Å²) in [5.41, 5.74) is 6.91. The second-order valence-electron chi connectivity index (χ2n) is 4.92. The Morgan fingerprint density at radius 3 is 2.52 bits per heavy atom. The van der Waals surface area contributed by atoms with Gasteiger partial charge in [0.15, 0.2) is 4.34 Å². The Hall–Kier alpha value is -1.31. The molecule has 5 nitrogen and oxygen atoms in total. The third-order valence-corrected chi connectivity index (χ3v) is 5.41. The van der Waals surface area contributed by atoms with Crippen LogP contribution in [0.2, 0.25) is 0 Å². The van der Waals surface area contributed by atoms with Crippen LogP contribution < -0.4 is 10.6 Å². The summed E-state index contributed by atoms with van der Waals surface area (Å²) in [7, 11) is 0. The van der Waals surface area contributed by atoms with Crippen molar-refractivity contribution in [3.05, 3.63) is 30.3 Å². The van der Waals surface area contributed by atoms with E-state index in [1.165, 1.54) is 17.0 Å². The minimum absolute atomic E-state index is 0.550. The van der Waals surface area contributed by atoms with E-state index in [1.54, 1.807) is 11.8 Å². The number of hydrogen-bond acceptors (Lipinski definition) is 7. The van der Waals surface area contributed by atoms with Gasteiger partial charge in [-0.25, -0.2) is 0 Å². The summed E-state index contributed by atoms with van der Waals surface area (Å²) in [6.07, 6.45) is 0. The second-order valence-corrected chi connectivity index (χ2v) is 7.27. The van der Waals surface area contributed by atoms with Gasteiger partial charge < -0.3 is 10.6 Å². The fourth-order valence-electron chi connectivity index (χ4n) is 2.41. The number of para-hydroxylation sites is 1. The first-order chi connectivity index (χ1) is 10.3. The minimum Gasteiger partial charge on any atom is -0.374 e. The Balaban J connectivity index is 1.40. The zero-order valence-corrected chi connectivity index (χ0v) is 13.4. The molecule has 2 heterocycles. The van der Waals surface area contributed by atoms with Gasteiger partial charge in [0.2, 0.25) is 5.13 Å². The molecule has 0 aliphatic carbocycles. The lowest BCUT2D eigenvalue weighted by Gasteiger charge is -2.36. The molecule has 21 heavy (non-hydrogen) atoms. The van der Waals surface area contributed by atoms with E-state index >= 15 is 0 Å². The van der Waals surface area contributed by atoms with Crippen molar-refractivity contribution in [2.75, 3.05) is 49.1 Å². The van der Waals surface area contributed by atoms with Crippen LogP contribution in [0.4, 0.5) is 10.8 Å². The molecule has 1 aromatic heterocycles. The van der Waals surface area contributed by atoms with Gasteiger partial charge >= 0.3 is 0 Å². The number of nitrogen functional groups attached to an aromatic ring is 1. The Labute approximate surface area is 133 Å². The normalized spacial score (nSPS) is 16.3. The molecular weight excluding hydrogens is 302 g/mol. The highest BCUT2D eigenvalue weighted by molar-refractivity contribution is 8.01. The number of nitrogens with zero attached hydrogens (tertiary/aromatic N) is 4. The average molecular weight is 321 g/mol. The summed E-state index contributed by atoms with van der Waals surface area (Å²) in [5, 5.41) is 8.41. The molecule has 1 aromatic carbocycles. The molecule has 0 amide bonds. The van der Waals surface area contributed by atoms with E-state index in [4.69, 9.17) is 5.73 Å². The Kier molecular flexibility index (Phi) is 4.95. The van der Waals surface area contributed by atoms with Gasteiger partial charge in [-0.15, -0.1) is 10.2 Å². The van der Waals surface area contributed by atoms with Crippen LogP contribution in [0.15, 0.2) is 34.7 Å². The number of aromatic nitrogens is 2. The molecule has 0 spiro atoms. The van der Waals surface area contributed by atoms with Crippen LogP contribution in [-0.4, -0.2) is 53.6 Å². The third kappa shape index (κ3) is 4.09. The number of thioether (sulfide) groups is 1. The molecule has 0 bridgehead atoms. The second kappa shape index (κ2) is 7.11. The largest absolute Gasteiger partial charge is 0.374 e. The number of benzene rings is 1. The smallest absolute Gasteiger partial charge is 0.203 e. The SMILES string of the molecule is Nc1nnc(SCCN2CCN(c3ccccc3)CC2)s1. The highest BCUT2D eigenvalue weighted by Gasteiger charge is 2.16. The van der Waals surface area contributed by atoms with Crippen LogP contribution in [0.5, 0.6) is 0 Å². The average Bonchev–Trinajstić information content (AvgIpc) is 2.94. The highest BCUT2D eigenvalue weighted by Crippen LogP contribution is 2.23. The fraction of sp³-hybridized carbons (Fsp3) is 0.429. The van der Waals surface area contributed by atoms with Crippen LogP contribution in [0, 0.1) is 0 Å². The number of piperazine rings is 1. The molecular formula is C14H19N5S2. The maximum atomic E-state index is 5.58. The first-order valence-corrected chi connectivity index (χ1v) is 8.85. The van der Waals surface area contributed by atoms with Crippen LogP contribution in [-0.2, 0) is 0 Å². The number of anilines is 2. The van der Waals surface area contributed by atoms with Gasteiger partial charge in [0, 0.05) is 44.2 Å². The summed E-state index contributed by atoms with van der Waals surface area (Å²) in [5.74, 6) is 1.04. The van der Waals surface area contributed by atoms with Crippen LogP contribution in [0.25, 0.3) is 0 Å². The highest BCUT2D eigenvalue weighted by atomic mass is 32.2. The Morgan fingerprint density at radius 1 is 1.10 bits per heavy atom. The van der Waals surface area contributed by atoms with Gasteiger partial charge in [-0.3, -0.25) is 4.90 Å². The molecule has 1 saturated heterocycles. The van der Waals surface area contributed by atoms with Crippen molar-refractivity contribution in [1.82, 2.24) is 15.1 Å². The van der Waals surface area contributed by atoms with Crippen molar-refractivity contribution in [3.8, 4) is 0 Å². The van der Waals surface area contributed by atoms with E-state index in [0.29, 0.717) is 5.13 Å². The topological polar surface area (TPSA) is 58.3 Å². The van der Waals surface area contributed by atoms with Gasteiger partial charge in [0.05, 0.1) is 0 Å². The first kappa shape index (κ1) is 14.6. The summed E-state index contributed by atoms with van der Waals surface area (Å²) >= 11 is 3.21. The predicted octanol–water partition coefficient (Wildman–Crippen LogP) is 2.03. The fourth-order valence-corrected chi connectivity index (χ4v) is 4.12. The molecule has 0 unspecified atom stereocenters. The summed E-state index contributed by atoms with van der Waals surface area (Å²) in [4.78, 5) is 4.96. The molecule has 1 aliphatic rings. The van der Waals surface area contributed by atoms with Crippen molar-refractivity contribution >= 4 is 33.9 Å². The number of nitrogens with two attached hydrogens (primary N) is 1. The molecule has 1 fully saturated rings. The van der Waals surface area contributed by atoms with Crippen molar-refractivity contribution in [2.45, 2.75) is 4.34 Å². The molecule has 1 aliphatic heterocycles. The maximum Gasteiger partial charge on any atom is 0.203 e. The van der Waals surface area contributed by atoms with E-state index in [-0.39, 0.29) is 0 Å². The van der Waals surface area contributed by atoms with Crippen LogP contribution in [0.1, 0.15) is 0 Å². The molecule has 2 N–H and O–H groups in total. The van der Waals surface area contributed by atoms with Gasteiger partial charge in [-0.05, 0) is 12.1 Å². The monoisotopic (exact) mass is 321 g/mol. The standard InChI is InChI=1S/C14H19N5S2/c15-13-16-17-14(21-13)20-11-10-18-6-8-19(9-7-18)12-4-2-1-3-5-12/h1-5H,6-11H2,(H2,15,16). The third-order valence-electron chi connectivity index (χ3n) is 3.55. The summed E-state index contributed by atoms with van der Waals surface area (Å²) in [6, 6.07) is 10.6. The summed E-state index contributed by atoms with van der Waals surface area (Å²) < 4.78 is 0.968. The van der Waals surface area contributed by atoms with Crippen molar-refractivity contribution in [2.24, 2.45) is 0 Å². The van der Waals surface area contributed by atoms with Crippen molar-refractivity contribution in [3.63, 3.8) is 0 Å². The quantitative estimate of drug-likeness (QED) is 0.851. The Morgan fingerprint density at radius 2 is 1.86 bits per heavy atom. The van der Waals surface area contributed by atoms with Crippen LogP contribution in [0.3, 0.4) is 0 Å². The van der Waals surface area contributed by atoms with E-state index in [1.807, 2.05) is 0 Å². The molecule has 0 radical (unpaired) electrons. The number of hydrogen-bond donors (Lipinski definition) is 1. The molecule has 0 atom stereocenters. The van der Waals surface area contributed by atoms with Gasteiger partial charge in [0.25, 0.3) is 0 Å². The lowest BCUT2D eigenvalue weighted by molar-refractivity contribution is 0.273. The Bertz CT molecular complexity index is 552. The van der Waals surface area contributed by atoms with E-state index < -0.39 is 0 Å². The zero-order chi connectivity index (χ0) is 14.5. The van der Waals surface area contributed by atoms with Crippen molar-refractivity contribution < 1.29 is 0 Å². The maximum absolute atomic E-state index is 5.58. The predicted molar refractivity (Wildman–Crippen MR) is 90.1 cm³/mol. The zero-order valence-electron chi connectivity index (χ0n) is 11.8.